The molecule has 1 aliphatic carbocycles. The van der Waals surface area contributed by atoms with E-state index in [1.54, 1.807) is 6.20 Å². The number of halogens is 1. The van der Waals surface area contributed by atoms with Crippen molar-refractivity contribution in [1.82, 2.24) is 20.1 Å². The maximum atomic E-state index is 14.2. The molecule has 154 valence electrons. The highest BCUT2D eigenvalue weighted by molar-refractivity contribution is 5.97. The molecule has 4 rings (SSSR count). The van der Waals surface area contributed by atoms with Crippen LogP contribution in [0.2, 0.25) is 0 Å². The first kappa shape index (κ1) is 19.8. The molecule has 1 amide bonds. The lowest BCUT2D eigenvalue weighted by molar-refractivity contribution is 0.0594. The van der Waals surface area contributed by atoms with Crippen LogP contribution in [-0.4, -0.2) is 33.8 Å². The normalized spacial score (nSPS) is 15.3. The Bertz CT molecular complexity index is 1080. The summed E-state index contributed by atoms with van der Waals surface area (Å²) in [6, 6.07) is 10.9. The van der Waals surface area contributed by atoms with Gasteiger partial charge in [0.25, 0.3) is 5.91 Å². The molecule has 0 bridgehead atoms. The summed E-state index contributed by atoms with van der Waals surface area (Å²) in [4.78, 5) is 28.1. The Labute approximate surface area is 172 Å². The summed E-state index contributed by atoms with van der Waals surface area (Å²) in [5, 5.41) is 7.39. The van der Waals surface area contributed by atoms with Gasteiger partial charge in [0.1, 0.15) is 5.69 Å². The van der Waals surface area contributed by atoms with Gasteiger partial charge in [0.2, 0.25) is 0 Å². The number of benzene rings is 1. The molecule has 30 heavy (non-hydrogen) atoms. The molecule has 7 nitrogen and oxygen atoms in total. The van der Waals surface area contributed by atoms with Gasteiger partial charge in [0.05, 0.1) is 37.7 Å². The predicted molar refractivity (Wildman–Crippen MR) is 106 cm³/mol. The summed E-state index contributed by atoms with van der Waals surface area (Å²) in [7, 11) is 1.20. The number of nitrogens with one attached hydrogen (secondary N) is 1. The van der Waals surface area contributed by atoms with Crippen molar-refractivity contribution in [3.05, 3.63) is 82.7 Å². The number of carbonyl (C=O) groups excluding carboxylic acids is 2. The molecule has 1 N–H and O–H groups in total. The molecule has 1 atom stereocenters. The number of fused-ring (bicyclic) bond motifs is 1. The van der Waals surface area contributed by atoms with Gasteiger partial charge in [0, 0.05) is 11.3 Å². The highest BCUT2D eigenvalue weighted by atomic mass is 19.1. The molecule has 0 radical (unpaired) electrons. The van der Waals surface area contributed by atoms with E-state index in [9.17, 15) is 14.0 Å². The highest BCUT2D eigenvalue weighted by Gasteiger charge is 2.27. The molecule has 0 fully saturated rings. The fourth-order valence-electron chi connectivity index (χ4n) is 3.73. The number of carbonyl (C=O) groups is 2. The zero-order chi connectivity index (χ0) is 21.1. The molecule has 0 spiro atoms. The number of methoxy groups -OCH3 is 1. The Hall–Kier alpha value is -3.55. The van der Waals surface area contributed by atoms with Gasteiger partial charge in [-0.25, -0.2) is 14.2 Å². The second-order valence-electron chi connectivity index (χ2n) is 7.15. The fourth-order valence-corrected chi connectivity index (χ4v) is 3.73. The van der Waals surface area contributed by atoms with E-state index >= 15 is 0 Å². The van der Waals surface area contributed by atoms with E-state index < -0.39 is 17.7 Å². The third kappa shape index (κ3) is 3.94. The number of esters is 1. The van der Waals surface area contributed by atoms with Crippen molar-refractivity contribution in [2.75, 3.05) is 7.11 Å². The van der Waals surface area contributed by atoms with Crippen molar-refractivity contribution >= 4 is 11.9 Å². The summed E-state index contributed by atoms with van der Waals surface area (Å²) in [5.74, 6) is -2.13. The predicted octanol–water partition coefficient (Wildman–Crippen LogP) is 3.06. The van der Waals surface area contributed by atoms with Crippen LogP contribution in [-0.2, 0) is 17.7 Å². The summed E-state index contributed by atoms with van der Waals surface area (Å²) in [6.45, 7) is 0.651. The van der Waals surface area contributed by atoms with Gasteiger partial charge >= 0.3 is 5.97 Å². The molecule has 1 aromatic carbocycles. The summed E-state index contributed by atoms with van der Waals surface area (Å²) >= 11 is 0. The molecular formula is C22H21FN4O3. The first-order valence-corrected chi connectivity index (χ1v) is 9.70. The molecule has 0 aliphatic heterocycles. The van der Waals surface area contributed by atoms with Crippen LogP contribution in [0.25, 0.3) is 0 Å². The summed E-state index contributed by atoms with van der Waals surface area (Å²) < 4.78 is 20.7. The van der Waals surface area contributed by atoms with Gasteiger partial charge in [-0.3, -0.25) is 9.48 Å². The zero-order valence-corrected chi connectivity index (χ0v) is 16.5. The monoisotopic (exact) mass is 408 g/mol. The Morgan fingerprint density at radius 1 is 1.27 bits per heavy atom. The first-order valence-electron chi connectivity index (χ1n) is 9.70. The molecule has 0 saturated carbocycles. The second-order valence-corrected chi connectivity index (χ2v) is 7.15. The van der Waals surface area contributed by atoms with Crippen molar-refractivity contribution in [3.8, 4) is 0 Å². The molecule has 2 aromatic heterocycles. The number of ether oxygens (including phenoxy) is 1. The molecular weight excluding hydrogens is 387 g/mol. The number of nitrogens with zero attached hydrogens (tertiary/aromatic N) is 3. The van der Waals surface area contributed by atoms with Crippen molar-refractivity contribution in [2.45, 2.75) is 31.8 Å². The average molecular weight is 408 g/mol. The van der Waals surface area contributed by atoms with E-state index in [2.05, 4.69) is 20.1 Å². The molecule has 3 aromatic rings. The SMILES string of the molecule is COC(=O)c1cc(C(=O)NC2CCCc3c2cnn3Cc2ccccc2)c(F)cn1. The quantitative estimate of drug-likeness (QED) is 0.656. The largest absolute Gasteiger partial charge is 0.464 e. The smallest absolute Gasteiger partial charge is 0.356 e. The van der Waals surface area contributed by atoms with Gasteiger partial charge < -0.3 is 10.1 Å². The lowest BCUT2D eigenvalue weighted by atomic mass is 9.92. The number of hydrogen-bond donors (Lipinski definition) is 1. The van der Waals surface area contributed by atoms with Crippen molar-refractivity contribution in [1.29, 1.82) is 0 Å². The number of hydrogen-bond acceptors (Lipinski definition) is 5. The van der Waals surface area contributed by atoms with Crippen LogP contribution in [0, 0.1) is 5.82 Å². The minimum atomic E-state index is -0.795. The van der Waals surface area contributed by atoms with E-state index in [1.807, 2.05) is 35.0 Å². The molecule has 2 heterocycles. The minimum Gasteiger partial charge on any atom is -0.464 e. The van der Waals surface area contributed by atoms with E-state index in [0.29, 0.717) is 6.54 Å². The third-order valence-corrected chi connectivity index (χ3v) is 5.24. The first-order chi connectivity index (χ1) is 14.6. The maximum Gasteiger partial charge on any atom is 0.356 e. The average Bonchev–Trinajstić information content (AvgIpc) is 3.18. The molecule has 1 aliphatic rings. The molecule has 1 unspecified atom stereocenters. The summed E-state index contributed by atoms with van der Waals surface area (Å²) in [6.07, 6.45) is 5.10. The lowest BCUT2D eigenvalue weighted by Gasteiger charge is -2.24. The lowest BCUT2D eigenvalue weighted by Crippen LogP contribution is -2.32. The number of rotatable bonds is 5. The Morgan fingerprint density at radius 2 is 2.07 bits per heavy atom. The maximum absolute atomic E-state index is 14.2. The Morgan fingerprint density at radius 3 is 2.83 bits per heavy atom. The molecule has 0 saturated heterocycles. The van der Waals surface area contributed by atoms with Crippen LogP contribution in [0.3, 0.4) is 0 Å². The fraction of sp³-hybridized carbons (Fsp3) is 0.273. The Kier molecular flexibility index (Phi) is 5.56. The standard InChI is InChI=1S/C22H21FN4O3/c1-30-22(29)19-10-15(17(23)12-24-19)21(28)26-18-8-5-9-20-16(18)11-25-27(20)13-14-6-3-2-4-7-14/h2-4,6-7,10-12,18H,5,8-9,13H2,1H3,(H,26,28). The van der Waals surface area contributed by atoms with Crippen molar-refractivity contribution in [2.24, 2.45) is 0 Å². The second kappa shape index (κ2) is 8.44. The van der Waals surface area contributed by atoms with Crippen LogP contribution in [0.4, 0.5) is 4.39 Å². The Balaban J connectivity index is 1.55. The zero-order valence-electron chi connectivity index (χ0n) is 16.5. The molecule has 8 heteroatoms. The number of amides is 1. The van der Waals surface area contributed by atoms with Crippen LogP contribution in [0.15, 0.2) is 48.8 Å². The van der Waals surface area contributed by atoms with Gasteiger partial charge in [-0.15, -0.1) is 0 Å². The number of aromatic nitrogens is 3. The van der Waals surface area contributed by atoms with Gasteiger partial charge in [0.15, 0.2) is 5.82 Å². The summed E-state index contributed by atoms with van der Waals surface area (Å²) in [5.41, 5.74) is 2.79. The van der Waals surface area contributed by atoms with E-state index in [0.717, 1.165) is 48.3 Å². The van der Waals surface area contributed by atoms with Gasteiger partial charge in [-0.2, -0.15) is 5.10 Å². The number of pyridine rings is 1. The van der Waals surface area contributed by atoms with E-state index in [-0.39, 0.29) is 17.3 Å². The highest BCUT2D eigenvalue weighted by Crippen LogP contribution is 2.30. The van der Waals surface area contributed by atoms with Crippen LogP contribution >= 0.6 is 0 Å². The van der Waals surface area contributed by atoms with Crippen LogP contribution in [0.5, 0.6) is 0 Å². The third-order valence-electron chi connectivity index (χ3n) is 5.24. The van der Waals surface area contributed by atoms with Crippen molar-refractivity contribution in [3.63, 3.8) is 0 Å². The van der Waals surface area contributed by atoms with Crippen LogP contribution in [0.1, 0.15) is 56.6 Å². The van der Waals surface area contributed by atoms with E-state index in [4.69, 9.17) is 0 Å². The topological polar surface area (TPSA) is 86.1 Å². The van der Waals surface area contributed by atoms with E-state index in [1.165, 1.54) is 7.11 Å². The van der Waals surface area contributed by atoms with Crippen molar-refractivity contribution < 1.29 is 18.7 Å². The van der Waals surface area contributed by atoms with Gasteiger partial charge in [-0.05, 0) is 30.9 Å². The van der Waals surface area contributed by atoms with Crippen LogP contribution < -0.4 is 5.32 Å². The van der Waals surface area contributed by atoms with Gasteiger partial charge in [-0.1, -0.05) is 30.3 Å². The minimum absolute atomic E-state index is 0.121.